The standard InChI is InChI=1S/C10H23NO/c1-5-8(3)10(4,12)9(6-2)7-11/h8-9,12H,5-7,11H2,1-4H3. The second-order valence-electron chi connectivity index (χ2n) is 3.88. The first kappa shape index (κ1) is 11.9. The van der Waals surface area contributed by atoms with Crippen LogP contribution < -0.4 is 5.73 Å². The molecular weight excluding hydrogens is 150 g/mol. The van der Waals surface area contributed by atoms with E-state index < -0.39 is 5.60 Å². The predicted molar refractivity (Wildman–Crippen MR) is 52.9 cm³/mol. The van der Waals surface area contributed by atoms with Crippen LogP contribution >= 0.6 is 0 Å². The van der Waals surface area contributed by atoms with Gasteiger partial charge in [0.15, 0.2) is 0 Å². The summed E-state index contributed by atoms with van der Waals surface area (Å²) in [6, 6.07) is 0. The molecule has 3 unspecified atom stereocenters. The lowest BCUT2D eigenvalue weighted by Crippen LogP contribution is -2.44. The van der Waals surface area contributed by atoms with Crippen LogP contribution in [-0.2, 0) is 0 Å². The molecule has 0 rings (SSSR count). The first-order chi connectivity index (χ1) is 5.50. The molecule has 0 spiro atoms. The Labute approximate surface area is 76.2 Å². The Hall–Kier alpha value is -0.0800. The van der Waals surface area contributed by atoms with Crippen LogP contribution in [0, 0.1) is 11.8 Å². The molecule has 0 aromatic rings. The van der Waals surface area contributed by atoms with E-state index in [9.17, 15) is 5.11 Å². The highest BCUT2D eigenvalue weighted by molar-refractivity contribution is 4.85. The Bertz CT molecular complexity index is 119. The Morgan fingerprint density at radius 2 is 1.83 bits per heavy atom. The van der Waals surface area contributed by atoms with Gasteiger partial charge >= 0.3 is 0 Å². The first-order valence-electron chi connectivity index (χ1n) is 4.93. The summed E-state index contributed by atoms with van der Waals surface area (Å²) in [5.74, 6) is 0.554. The fourth-order valence-corrected chi connectivity index (χ4v) is 1.63. The fourth-order valence-electron chi connectivity index (χ4n) is 1.63. The molecule has 2 nitrogen and oxygen atoms in total. The van der Waals surface area contributed by atoms with Crippen molar-refractivity contribution in [3.8, 4) is 0 Å². The summed E-state index contributed by atoms with van der Waals surface area (Å²) >= 11 is 0. The molecule has 0 aliphatic rings. The third-order valence-corrected chi connectivity index (χ3v) is 3.21. The maximum atomic E-state index is 10.2. The maximum absolute atomic E-state index is 10.2. The molecule has 12 heavy (non-hydrogen) atoms. The Balaban J connectivity index is 4.33. The molecule has 0 saturated heterocycles. The van der Waals surface area contributed by atoms with Crippen molar-refractivity contribution < 1.29 is 5.11 Å². The summed E-state index contributed by atoms with van der Waals surface area (Å²) in [4.78, 5) is 0. The number of hydrogen-bond donors (Lipinski definition) is 2. The summed E-state index contributed by atoms with van der Waals surface area (Å²) in [7, 11) is 0. The Kier molecular flexibility index (Phi) is 4.80. The van der Waals surface area contributed by atoms with Gasteiger partial charge in [0.25, 0.3) is 0 Å². The van der Waals surface area contributed by atoms with E-state index in [4.69, 9.17) is 5.73 Å². The van der Waals surface area contributed by atoms with Gasteiger partial charge in [-0.1, -0.05) is 27.2 Å². The van der Waals surface area contributed by atoms with Crippen LogP contribution in [0.4, 0.5) is 0 Å². The van der Waals surface area contributed by atoms with E-state index in [0.29, 0.717) is 12.5 Å². The second-order valence-corrected chi connectivity index (χ2v) is 3.88. The third kappa shape index (κ3) is 2.46. The van der Waals surface area contributed by atoms with Gasteiger partial charge in [0.2, 0.25) is 0 Å². The zero-order valence-corrected chi connectivity index (χ0v) is 8.80. The van der Waals surface area contributed by atoms with Crippen LogP contribution in [0.1, 0.15) is 40.5 Å². The average Bonchev–Trinajstić information content (AvgIpc) is 2.04. The van der Waals surface area contributed by atoms with Gasteiger partial charge in [0.1, 0.15) is 0 Å². The minimum atomic E-state index is -0.599. The van der Waals surface area contributed by atoms with Gasteiger partial charge in [-0.15, -0.1) is 0 Å². The van der Waals surface area contributed by atoms with Gasteiger partial charge in [0.05, 0.1) is 5.60 Å². The fraction of sp³-hybridized carbons (Fsp3) is 1.00. The predicted octanol–water partition coefficient (Wildman–Crippen LogP) is 1.77. The first-order valence-corrected chi connectivity index (χ1v) is 4.93. The summed E-state index contributed by atoms with van der Waals surface area (Å²) in [5, 5.41) is 10.2. The molecule has 0 aliphatic carbocycles. The van der Waals surface area contributed by atoms with Gasteiger partial charge in [0, 0.05) is 0 Å². The molecule has 74 valence electrons. The SMILES string of the molecule is CCC(C)C(C)(O)C(CC)CN. The van der Waals surface area contributed by atoms with Crippen LogP contribution in [0.5, 0.6) is 0 Å². The lowest BCUT2D eigenvalue weighted by Gasteiger charge is -2.36. The zero-order chi connectivity index (χ0) is 9.78. The lowest BCUT2D eigenvalue weighted by atomic mass is 9.77. The van der Waals surface area contributed by atoms with Crippen LogP contribution in [0.3, 0.4) is 0 Å². The Morgan fingerprint density at radius 1 is 1.33 bits per heavy atom. The van der Waals surface area contributed by atoms with E-state index in [1.54, 1.807) is 0 Å². The number of nitrogens with two attached hydrogens (primary N) is 1. The summed E-state index contributed by atoms with van der Waals surface area (Å²) in [5.41, 5.74) is 5.00. The zero-order valence-electron chi connectivity index (χ0n) is 8.80. The summed E-state index contributed by atoms with van der Waals surface area (Å²) < 4.78 is 0. The molecule has 0 amide bonds. The molecule has 0 radical (unpaired) electrons. The van der Waals surface area contributed by atoms with Crippen molar-refractivity contribution in [3.63, 3.8) is 0 Å². The van der Waals surface area contributed by atoms with E-state index in [1.807, 2.05) is 6.92 Å². The van der Waals surface area contributed by atoms with E-state index in [1.165, 1.54) is 0 Å². The van der Waals surface area contributed by atoms with Gasteiger partial charge < -0.3 is 10.8 Å². The molecule has 0 aliphatic heterocycles. The molecule has 0 heterocycles. The van der Waals surface area contributed by atoms with Crippen molar-refractivity contribution in [1.82, 2.24) is 0 Å². The number of rotatable bonds is 5. The van der Waals surface area contributed by atoms with E-state index in [-0.39, 0.29) is 5.92 Å². The third-order valence-electron chi connectivity index (χ3n) is 3.21. The van der Waals surface area contributed by atoms with Crippen molar-refractivity contribution in [3.05, 3.63) is 0 Å². The Morgan fingerprint density at radius 3 is 2.08 bits per heavy atom. The minimum Gasteiger partial charge on any atom is -0.390 e. The maximum Gasteiger partial charge on any atom is 0.0685 e. The van der Waals surface area contributed by atoms with E-state index in [2.05, 4.69) is 20.8 Å². The molecule has 3 N–H and O–H groups in total. The molecule has 2 heteroatoms. The van der Waals surface area contributed by atoms with Crippen molar-refractivity contribution >= 4 is 0 Å². The topological polar surface area (TPSA) is 46.2 Å². The van der Waals surface area contributed by atoms with Crippen molar-refractivity contribution in [2.24, 2.45) is 17.6 Å². The molecule has 0 saturated carbocycles. The minimum absolute atomic E-state index is 0.229. The van der Waals surface area contributed by atoms with Crippen molar-refractivity contribution in [2.45, 2.75) is 46.1 Å². The normalized spacial score (nSPS) is 21.5. The van der Waals surface area contributed by atoms with Crippen molar-refractivity contribution in [2.75, 3.05) is 6.54 Å². The summed E-state index contributed by atoms with van der Waals surface area (Å²) in [6.07, 6.45) is 1.96. The molecule has 0 aromatic heterocycles. The molecule has 0 aromatic carbocycles. The smallest absolute Gasteiger partial charge is 0.0685 e. The molecule has 0 fully saturated rings. The lowest BCUT2D eigenvalue weighted by molar-refractivity contribution is -0.0472. The monoisotopic (exact) mass is 173 g/mol. The van der Waals surface area contributed by atoms with Crippen LogP contribution in [0.15, 0.2) is 0 Å². The number of hydrogen-bond acceptors (Lipinski definition) is 2. The highest BCUT2D eigenvalue weighted by Gasteiger charge is 2.33. The summed E-state index contributed by atoms with van der Waals surface area (Å²) in [6.45, 7) is 8.74. The molecule has 0 bridgehead atoms. The van der Waals surface area contributed by atoms with Gasteiger partial charge in [-0.3, -0.25) is 0 Å². The number of aliphatic hydroxyl groups is 1. The van der Waals surface area contributed by atoms with Gasteiger partial charge in [-0.2, -0.15) is 0 Å². The quantitative estimate of drug-likeness (QED) is 0.665. The van der Waals surface area contributed by atoms with Gasteiger partial charge in [-0.25, -0.2) is 0 Å². The van der Waals surface area contributed by atoms with E-state index in [0.717, 1.165) is 12.8 Å². The molecular formula is C10H23NO. The highest BCUT2D eigenvalue weighted by atomic mass is 16.3. The van der Waals surface area contributed by atoms with Crippen LogP contribution in [0.2, 0.25) is 0 Å². The van der Waals surface area contributed by atoms with Crippen molar-refractivity contribution in [1.29, 1.82) is 0 Å². The van der Waals surface area contributed by atoms with Crippen LogP contribution in [0.25, 0.3) is 0 Å². The average molecular weight is 173 g/mol. The largest absolute Gasteiger partial charge is 0.390 e. The van der Waals surface area contributed by atoms with Gasteiger partial charge in [-0.05, 0) is 31.7 Å². The second kappa shape index (κ2) is 4.83. The highest BCUT2D eigenvalue weighted by Crippen LogP contribution is 2.29. The molecule has 3 atom stereocenters. The van der Waals surface area contributed by atoms with Crippen LogP contribution in [-0.4, -0.2) is 17.3 Å². The van der Waals surface area contributed by atoms with E-state index >= 15 is 0 Å².